The van der Waals surface area contributed by atoms with E-state index in [2.05, 4.69) is 31.1 Å². The van der Waals surface area contributed by atoms with Crippen molar-refractivity contribution in [3.8, 4) is 0 Å². The fourth-order valence-corrected chi connectivity index (χ4v) is 2.65. The van der Waals surface area contributed by atoms with Gasteiger partial charge < -0.3 is 10.4 Å². The first-order chi connectivity index (χ1) is 8.88. The van der Waals surface area contributed by atoms with Gasteiger partial charge in [-0.1, -0.05) is 20.8 Å². The van der Waals surface area contributed by atoms with Gasteiger partial charge in [-0.3, -0.25) is 4.79 Å². The molecule has 0 aliphatic heterocycles. The molecule has 0 aliphatic carbocycles. The lowest BCUT2D eigenvalue weighted by atomic mass is 9.96. The predicted molar refractivity (Wildman–Crippen MR) is 74.2 cm³/mol. The normalized spacial score (nSPS) is 12.4. The second kappa shape index (κ2) is 7.23. The van der Waals surface area contributed by atoms with Crippen molar-refractivity contribution in [1.82, 2.24) is 10.3 Å². The van der Waals surface area contributed by atoms with Crippen LogP contribution >= 0.6 is 11.3 Å². The summed E-state index contributed by atoms with van der Waals surface area (Å²) in [6.45, 7) is 6.63. The molecule has 1 aromatic heterocycles. The zero-order chi connectivity index (χ0) is 14.4. The quantitative estimate of drug-likeness (QED) is 0.806. The van der Waals surface area contributed by atoms with Crippen LogP contribution in [0.4, 0.5) is 0 Å². The van der Waals surface area contributed by atoms with E-state index in [-0.39, 0.29) is 11.6 Å². The van der Waals surface area contributed by atoms with Gasteiger partial charge in [0.1, 0.15) is 5.01 Å². The molecule has 0 fully saturated rings. The number of nitrogens with one attached hydrogen (secondary N) is 1. The van der Waals surface area contributed by atoms with Gasteiger partial charge in [0.25, 0.3) is 0 Å². The molecule has 5 nitrogen and oxygen atoms in total. The van der Waals surface area contributed by atoms with Crippen LogP contribution in [-0.4, -0.2) is 22.0 Å². The number of thiazole rings is 1. The number of hydrogen-bond acceptors (Lipinski definition) is 4. The average Bonchev–Trinajstić information content (AvgIpc) is 2.73. The molecule has 0 saturated heterocycles. The van der Waals surface area contributed by atoms with E-state index in [0.717, 1.165) is 6.42 Å². The van der Waals surface area contributed by atoms with Gasteiger partial charge >= 0.3 is 5.97 Å². The molecule has 106 valence electrons. The minimum atomic E-state index is -1.04. The molecule has 1 amide bonds. The Morgan fingerprint density at radius 2 is 2.11 bits per heavy atom. The lowest BCUT2D eigenvalue weighted by Gasteiger charge is -2.13. The molecule has 1 heterocycles. The van der Waals surface area contributed by atoms with Crippen LogP contribution in [0.2, 0.25) is 0 Å². The van der Waals surface area contributed by atoms with Crippen LogP contribution in [-0.2, 0) is 11.3 Å². The van der Waals surface area contributed by atoms with Crippen molar-refractivity contribution in [2.24, 2.45) is 11.8 Å². The van der Waals surface area contributed by atoms with E-state index in [9.17, 15) is 9.59 Å². The van der Waals surface area contributed by atoms with E-state index in [0.29, 0.717) is 29.8 Å². The van der Waals surface area contributed by atoms with E-state index in [1.807, 2.05) is 0 Å². The Balaban J connectivity index is 2.35. The molecule has 1 unspecified atom stereocenters. The Morgan fingerprint density at radius 3 is 2.63 bits per heavy atom. The van der Waals surface area contributed by atoms with E-state index in [1.54, 1.807) is 0 Å². The Labute approximate surface area is 117 Å². The number of rotatable bonds is 7. The van der Waals surface area contributed by atoms with Gasteiger partial charge in [-0.15, -0.1) is 11.3 Å². The molecule has 1 atom stereocenters. The molecule has 0 aliphatic rings. The third-order valence-electron chi connectivity index (χ3n) is 2.62. The van der Waals surface area contributed by atoms with E-state index >= 15 is 0 Å². The number of aromatic carboxylic acids is 1. The highest BCUT2D eigenvalue weighted by atomic mass is 32.1. The van der Waals surface area contributed by atoms with Crippen LogP contribution in [0.3, 0.4) is 0 Å². The number of amides is 1. The summed E-state index contributed by atoms with van der Waals surface area (Å²) in [5.74, 6) is -0.120. The summed E-state index contributed by atoms with van der Waals surface area (Å²) >= 11 is 1.24. The van der Waals surface area contributed by atoms with Crippen LogP contribution < -0.4 is 5.32 Å². The molecule has 19 heavy (non-hydrogen) atoms. The van der Waals surface area contributed by atoms with Crippen molar-refractivity contribution < 1.29 is 14.7 Å². The highest BCUT2D eigenvalue weighted by molar-refractivity contribution is 7.09. The molecule has 2 N–H and O–H groups in total. The maximum absolute atomic E-state index is 11.7. The third-order valence-corrected chi connectivity index (χ3v) is 3.46. The fourth-order valence-electron chi connectivity index (χ4n) is 1.94. The van der Waals surface area contributed by atoms with Gasteiger partial charge in [0.15, 0.2) is 5.69 Å². The number of carbonyl (C=O) groups is 2. The molecule has 0 radical (unpaired) electrons. The minimum Gasteiger partial charge on any atom is -0.476 e. The first-order valence-electron chi connectivity index (χ1n) is 6.33. The minimum absolute atomic E-state index is 0.0137. The Bertz CT molecular complexity index is 443. The van der Waals surface area contributed by atoms with Crippen LogP contribution in [0.25, 0.3) is 0 Å². The number of carbonyl (C=O) groups excluding carboxylic acids is 1. The SMILES string of the molecule is CC(C)CC(C)CC(=O)NCc1nc(C(=O)O)cs1. The molecular formula is C13H20N2O3S. The standard InChI is InChI=1S/C13H20N2O3S/c1-8(2)4-9(3)5-11(16)14-6-12-15-10(7-19-12)13(17)18/h7-9H,4-6H2,1-3H3,(H,14,16)(H,17,18). The van der Waals surface area contributed by atoms with Gasteiger partial charge in [-0.25, -0.2) is 9.78 Å². The summed E-state index contributed by atoms with van der Waals surface area (Å²) in [5.41, 5.74) is 0.0300. The smallest absolute Gasteiger partial charge is 0.355 e. The number of hydrogen-bond donors (Lipinski definition) is 2. The molecule has 0 saturated carbocycles. The predicted octanol–water partition coefficient (Wildman–Crippen LogP) is 2.53. The van der Waals surface area contributed by atoms with Crippen molar-refractivity contribution in [3.63, 3.8) is 0 Å². The molecular weight excluding hydrogens is 264 g/mol. The summed E-state index contributed by atoms with van der Waals surface area (Å²) in [6.07, 6.45) is 1.52. The first-order valence-corrected chi connectivity index (χ1v) is 7.20. The molecule has 6 heteroatoms. The van der Waals surface area contributed by atoms with Crippen LogP contribution in [0, 0.1) is 11.8 Å². The fraction of sp³-hybridized carbons (Fsp3) is 0.615. The maximum Gasteiger partial charge on any atom is 0.355 e. The summed E-state index contributed by atoms with van der Waals surface area (Å²) < 4.78 is 0. The second-order valence-electron chi connectivity index (χ2n) is 5.15. The number of carboxylic acids is 1. The van der Waals surface area contributed by atoms with Gasteiger partial charge in [0.05, 0.1) is 6.54 Å². The van der Waals surface area contributed by atoms with E-state index in [4.69, 9.17) is 5.11 Å². The van der Waals surface area contributed by atoms with Gasteiger partial charge in [-0.2, -0.15) is 0 Å². The van der Waals surface area contributed by atoms with E-state index < -0.39 is 5.97 Å². The molecule has 1 aromatic rings. The summed E-state index contributed by atoms with van der Waals surface area (Å²) in [6, 6.07) is 0. The zero-order valence-electron chi connectivity index (χ0n) is 11.5. The molecule has 0 bridgehead atoms. The topological polar surface area (TPSA) is 79.3 Å². The van der Waals surface area contributed by atoms with E-state index in [1.165, 1.54) is 16.7 Å². The van der Waals surface area contributed by atoms with Crippen LogP contribution in [0.15, 0.2) is 5.38 Å². The van der Waals surface area contributed by atoms with Crippen molar-refractivity contribution in [3.05, 3.63) is 16.1 Å². The molecule has 0 spiro atoms. The third kappa shape index (κ3) is 5.83. The molecule has 1 rings (SSSR count). The summed E-state index contributed by atoms with van der Waals surface area (Å²) in [7, 11) is 0. The van der Waals surface area contributed by atoms with Crippen molar-refractivity contribution in [1.29, 1.82) is 0 Å². The summed E-state index contributed by atoms with van der Waals surface area (Å²) in [5, 5.41) is 13.6. The molecule has 0 aromatic carbocycles. The Hall–Kier alpha value is -1.43. The Morgan fingerprint density at radius 1 is 1.42 bits per heavy atom. The second-order valence-corrected chi connectivity index (χ2v) is 6.09. The average molecular weight is 284 g/mol. The highest BCUT2D eigenvalue weighted by Crippen LogP contribution is 2.14. The van der Waals surface area contributed by atoms with Crippen molar-refractivity contribution >= 4 is 23.2 Å². The van der Waals surface area contributed by atoms with Gasteiger partial charge in [0.2, 0.25) is 5.91 Å². The monoisotopic (exact) mass is 284 g/mol. The zero-order valence-corrected chi connectivity index (χ0v) is 12.3. The van der Waals surface area contributed by atoms with Gasteiger partial charge in [-0.05, 0) is 18.3 Å². The maximum atomic E-state index is 11.7. The van der Waals surface area contributed by atoms with Gasteiger partial charge in [0, 0.05) is 11.8 Å². The Kier molecular flexibility index (Phi) is 5.95. The first kappa shape index (κ1) is 15.6. The lowest BCUT2D eigenvalue weighted by Crippen LogP contribution is -2.24. The summed E-state index contributed by atoms with van der Waals surface area (Å²) in [4.78, 5) is 26.3. The van der Waals surface area contributed by atoms with Crippen LogP contribution in [0.5, 0.6) is 0 Å². The van der Waals surface area contributed by atoms with Crippen LogP contribution in [0.1, 0.15) is 49.1 Å². The number of carboxylic acid groups (broad SMARTS) is 1. The largest absolute Gasteiger partial charge is 0.476 e. The lowest BCUT2D eigenvalue weighted by molar-refractivity contribution is -0.122. The highest BCUT2D eigenvalue weighted by Gasteiger charge is 2.12. The number of aromatic nitrogens is 1. The number of nitrogens with zero attached hydrogens (tertiary/aromatic N) is 1. The van der Waals surface area contributed by atoms with Crippen molar-refractivity contribution in [2.45, 2.75) is 40.2 Å². The van der Waals surface area contributed by atoms with Crippen molar-refractivity contribution in [2.75, 3.05) is 0 Å².